The van der Waals surface area contributed by atoms with Crippen molar-refractivity contribution in [3.8, 4) is 0 Å². The molecule has 1 amide bonds. The molecule has 0 aromatic carbocycles. The van der Waals surface area contributed by atoms with Gasteiger partial charge in [0.1, 0.15) is 0 Å². The van der Waals surface area contributed by atoms with Crippen LogP contribution in [0.4, 0.5) is 0 Å². The Labute approximate surface area is 154 Å². The molecular formula is C23H39NO. The summed E-state index contributed by atoms with van der Waals surface area (Å²) in [6.07, 6.45) is 13.0. The van der Waals surface area contributed by atoms with Gasteiger partial charge in [0.15, 0.2) is 0 Å². The van der Waals surface area contributed by atoms with E-state index in [4.69, 9.17) is 0 Å². The van der Waals surface area contributed by atoms with Gasteiger partial charge in [-0.25, -0.2) is 0 Å². The maximum Gasteiger partial charge on any atom is 0.220 e. The highest BCUT2D eigenvalue weighted by atomic mass is 16.1. The molecule has 0 radical (unpaired) electrons. The lowest BCUT2D eigenvalue weighted by Gasteiger charge is -2.60. The quantitative estimate of drug-likeness (QED) is 0.713. The summed E-state index contributed by atoms with van der Waals surface area (Å²) in [4.78, 5) is 11.9. The van der Waals surface area contributed by atoms with Crippen LogP contribution in [0.2, 0.25) is 0 Å². The third-order valence-electron chi connectivity index (χ3n) is 9.60. The first-order valence-electron chi connectivity index (χ1n) is 11.2. The molecule has 1 aliphatic heterocycles. The van der Waals surface area contributed by atoms with E-state index in [9.17, 15) is 4.79 Å². The molecule has 1 unspecified atom stereocenters. The van der Waals surface area contributed by atoms with E-state index in [1.165, 1.54) is 51.4 Å². The molecule has 0 spiro atoms. The molecular weight excluding hydrogens is 306 g/mol. The van der Waals surface area contributed by atoms with Crippen molar-refractivity contribution in [1.29, 1.82) is 0 Å². The highest BCUT2D eigenvalue weighted by molar-refractivity contribution is 5.77. The molecule has 1 saturated heterocycles. The summed E-state index contributed by atoms with van der Waals surface area (Å²) in [5.41, 5.74) is 0.960. The smallest absolute Gasteiger partial charge is 0.220 e. The standard InChI is InChI=1S/C23H39NO/c1-5-6-15(2)17-8-9-18-16-7-10-20-23(4,14-12-21(25)24-20)19(16)11-13-22(17,18)3/h15-20H,5-14H2,1-4H3,(H,24,25)/t15-,16+,17-,18+,19+,20?,22-,23-/m1/s1. The molecule has 4 fully saturated rings. The van der Waals surface area contributed by atoms with Crippen molar-refractivity contribution in [2.24, 2.45) is 40.4 Å². The van der Waals surface area contributed by atoms with E-state index in [1.54, 1.807) is 0 Å². The van der Waals surface area contributed by atoms with Gasteiger partial charge in [-0.2, -0.15) is 0 Å². The summed E-state index contributed by atoms with van der Waals surface area (Å²) in [5, 5.41) is 3.37. The molecule has 1 N–H and O–H groups in total. The average molecular weight is 346 g/mol. The van der Waals surface area contributed by atoms with Crippen LogP contribution in [0.5, 0.6) is 0 Å². The SMILES string of the molecule is CCC[C@@H](C)[C@H]1CC[C@H]2[C@@H]3CCC4NC(=O)CC[C@]4(C)[C@H]3CC[C@]12C. The Morgan fingerprint density at radius 3 is 2.56 bits per heavy atom. The predicted molar refractivity (Wildman–Crippen MR) is 103 cm³/mol. The molecule has 8 atom stereocenters. The van der Waals surface area contributed by atoms with Crippen LogP contribution < -0.4 is 5.32 Å². The minimum atomic E-state index is 0.302. The maximum absolute atomic E-state index is 11.9. The van der Waals surface area contributed by atoms with E-state index in [-0.39, 0.29) is 0 Å². The Bertz CT molecular complexity index is 530. The molecule has 142 valence electrons. The van der Waals surface area contributed by atoms with Crippen molar-refractivity contribution < 1.29 is 4.79 Å². The molecule has 25 heavy (non-hydrogen) atoms. The summed E-state index contributed by atoms with van der Waals surface area (Å²) >= 11 is 0. The zero-order valence-electron chi connectivity index (χ0n) is 16.9. The predicted octanol–water partition coefficient (Wildman–Crippen LogP) is 5.56. The number of rotatable bonds is 3. The summed E-state index contributed by atoms with van der Waals surface area (Å²) in [6.45, 7) is 10.1. The number of hydrogen-bond donors (Lipinski definition) is 1. The van der Waals surface area contributed by atoms with Crippen LogP contribution in [0.25, 0.3) is 0 Å². The fourth-order valence-electron chi connectivity index (χ4n) is 8.33. The van der Waals surface area contributed by atoms with Crippen LogP contribution in [-0.2, 0) is 4.79 Å². The Kier molecular flexibility index (Phi) is 4.48. The summed E-state index contributed by atoms with van der Waals surface area (Å²) in [7, 11) is 0. The van der Waals surface area contributed by atoms with Crippen molar-refractivity contribution in [3.63, 3.8) is 0 Å². The van der Waals surface area contributed by atoms with Crippen molar-refractivity contribution in [2.45, 2.75) is 97.9 Å². The van der Waals surface area contributed by atoms with Gasteiger partial charge in [-0.15, -0.1) is 0 Å². The first-order valence-corrected chi connectivity index (χ1v) is 11.2. The van der Waals surface area contributed by atoms with Gasteiger partial charge in [0.2, 0.25) is 5.91 Å². The second-order valence-corrected chi connectivity index (χ2v) is 10.6. The summed E-state index contributed by atoms with van der Waals surface area (Å²) in [6, 6.07) is 0.454. The molecule has 3 aliphatic carbocycles. The van der Waals surface area contributed by atoms with Crippen molar-refractivity contribution in [3.05, 3.63) is 0 Å². The molecule has 3 saturated carbocycles. The minimum absolute atomic E-state index is 0.302. The molecule has 0 bridgehead atoms. The molecule has 0 aromatic rings. The van der Waals surface area contributed by atoms with Crippen molar-refractivity contribution >= 4 is 5.91 Å². The van der Waals surface area contributed by atoms with Gasteiger partial charge >= 0.3 is 0 Å². The highest BCUT2D eigenvalue weighted by Gasteiger charge is 2.60. The van der Waals surface area contributed by atoms with Gasteiger partial charge in [-0.05, 0) is 85.4 Å². The van der Waals surface area contributed by atoms with Gasteiger partial charge in [0, 0.05) is 12.5 Å². The normalized spacial score (nSPS) is 50.4. The number of carbonyl (C=O) groups is 1. The molecule has 1 heterocycles. The second kappa shape index (κ2) is 6.27. The lowest BCUT2D eigenvalue weighted by molar-refractivity contribution is -0.137. The maximum atomic E-state index is 11.9. The van der Waals surface area contributed by atoms with E-state index < -0.39 is 0 Å². The fraction of sp³-hybridized carbons (Fsp3) is 0.957. The Morgan fingerprint density at radius 1 is 1.04 bits per heavy atom. The Morgan fingerprint density at radius 2 is 1.80 bits per heavy atom. The molecule has 2 nitrogen and oxygen atoms in total. The van der Waals surface area contributed by atoms with Crippen LogP contribution in [0.15, 0.2) is 0 Å². The Balaban J connectivity index is 1.57. The number of amides is 1. The first kappa shape index (κ1) is 17.9. The van der Waals surface area contributed by atoms with Crippen LogP contribution in [0.3, 0.4) is 0 Å². The molecule has 2 heteroatoms. The van der Waals surface area contributed by atoms with E-state index in [0.29, 0.717) is 22.8 Å². The third kappa shape index (κ3) is 2.60. The zero-order valence-corrected chi connectivity index (χ0v) is 16.9. The fourth-order valence-corrected chi connectivity index (χ4v) is 8.33. The highest BCUT2D eigenvalue weighted by Crippen LogP contribution is 2.66. The lowest BCUT2D eigenvalue weighted by Crippen LogP contribution is -2.61. The third-order valence-corrected chi connectivity index (χ3v) is 9.60. The van der Waals surface area contributed by atoms with Gasteiger partial charge in [0.05, 0.1) is 0 Å². The zero-order chi connectivity index (χ0) is 17.8. The summed E-state index contributed by atoms with van der Waals surface area (Å²) < 4.78 is 0. The number of fused-ring (bicyclic) bond motifs is 5. The van der Waals surface area contributed by atoms with Crippen molar-refractivity contribution in [1.82, 2.24) is 5.32 Å². The van der Waals surface area contributed by atoms with Gasteiger partial charge in [-0.3, -0.25) is 4.79 Å². The van der Waals surface area contributed by atoms with E-state index in [0.717, 1.165) is 42.4 Å². The van der Waals surface area contributed by atoms with Gasteiger partial charge in [-0.1, -0.05) is 40.5 Å². The largest absolute Gasteiger partial charge is 0.353 e. The Hall–Kier alpha value is -0.530. The van der Waals surface area contributed by atoms with E-state index in [2.05, 4.69) is 33.0 Å². The van der Waals surface area contributed by atoms with Gasteiger partial charge in [0.25, 0.3) is 0 Å². The molecule has 4 rings (SSSR count). The average Bonchev–Trinajstić information content (AvgIpc) is 2.93. The van der Waals surface area contributed by atoms with Crippen LogP contribution in [0.1, 0.15) is 91.9 Å². The first-order chi connectivity index (χ1) is 11.9. The lowest BCUT2D eigenvalue weighted by atomic mass is 9.46. The number of piperidine rings is 1. The topological polar surface area (TPSA) is 29.1 Å². The summed E-state index contributed by atoms with van der Waals surface area (Å²) in [5.74, 6) is 4.88. The number of nitrogens with one attached hydrogen (secondary N) is 1. The van der Waals surface area contributed by atoms with Crippen LogP contribution >= 0.6 is 0 Å². The molecule has 0 aromatic heterocycles. The van der Waals surface area contributed by atoms with Crippen molar-refractivity contribution in [2.75, 3.05) is 0 Å². The minimum Gasteiger partial charge on any atom is -0.353 e. The monoisotopic (exact) mass is 345 g/mol. The number of hydrogen-bond acceptors (Lipinski definition) is 1. The van der Waals surface area contributed by atoms with Crippen LogP contribution in [-0.4, -0.2) is 11.9 Å². The second-order valence-electron chi connectivity index (χ2n) is 10.6. The van der Waals surface area contributed by atoms with E-state index in [1.807, 2.05) is 0 Å². The molecule has 4 aliphatic rings. The number of carbonyl (C=O) groups excluding carboxylic acids is 1. The van der Waals surface area contributed by atoms with Gasteiger partial charge < -0.3 is 5.32 Å². The van der Waals surface area contributed by atoms with E-state index >= 15 is 0 Å². The van der Waals surface area contributed by atoms with Crippen LogP contribution in [0, 0.1) is 40.4 Å².